The number of nitrogens with one attached hydrogen (secondary N) is 1. The van der Waals surface area contributed by atoms with Gasteiger partial charge in [0.1, 0.15) is 5.82 Å². The van der Waals surface area contributed by atoms with E-state index in [0.717, 1.165) is 5.56 Å². The molecule has 0 aliphatic rings. The van der Waals surface area contributed by atoms with Gasteiger partial charge in [0.2, 0.25) is 0 Å². The summed E-state index contributed by atoms with van der Waals surface area (Å²) in [7, 11) is 0. The molecule has 124 valence electrons. The van der Waals surface area contributed by atoms with Crippen LogP contribution in [0.3, 0.4) is 0 Å². The van der Waals surface area contributed by atoms with Gasteiger partial charge in [-0.2, -0.15) is 0 Å². The number of aryl methyl sites for hydroxylation is 2. The monoisotopic (exact) mass is 310 g/mol. The van der Waals surface area contributed by atoms with Crippen LogP contribution in [0.5, 0.6) is 0 Å². The molecule has 0 aromatic heterocycles. The van der Waals surface area contributed by atoms with Crippen LogP contribution in [0.25, 0.3) is 0 Å². The Balaban J connectivity index is 2.83. The molecule has 0 heterocycles. The first-order valence-electron chi connectivity index (χ1n) is 7.59. The van der Waals surface area contributed by atoms with E-state index in [2.05, 4.69) is 5.32 Å². The van der Waals surface area contributed by atoms with E-state index in [4.69, 9.17) is 0 Å². The van der Waals surface area contributed by atoms with Crippen molar-refractivity contribution in [2.24, 2.45) is 0 Å². The molecule has 1 unspecified atom stereocenters. The highest BCUT2D eigenvalue weighted by molar-refractivity contribution is 5.74. The molecule has 22 heavy (non-hydrogen) atoms. The Morgan fingerprint density at radius 3 is 2.27 bits per heavy atom. The molecule has 0 bridgehead atoms. The summed E-state index contributed by atoms with van der Waals surface area (Å²) in [5.41, 5.74) is 1.06. The van der Waals surface area contributed by atoms with Crippen molar-refractivity contribution >= 4 is 6.03 Å². The number of hydrogen-bond acceptors (Lipinski definition) is 2. The second-order valence-corrected chi connectivity index (χ2v) is 6.47. The van der Waals surface area contributed by atoms with Crippen LogP contribution in [0, 0.1) is 19.7 Å². The lowest BCUT2D eigenvalue weighted by Crippen LogP contribution is -2.47. The quantitative estimate of drug-likeness (QED) is 0.876. The summed E-state index contributed by atoms with van der Waals surface area (Å²) in [4.78, 5) is 13.9. The van der Waals surface area contributed by atoms with Gasteiger partial charge in [0.05, 0.1) is 18.2 Å². The summed E-state index contributed by atoms with van der Waals surface area (Å²) in [6, 6.07) is 3.03. The zero-order valence-corrected chi connectivity index (χ0v) is 14.3. The number of carbonyl (C=O) groups is 1. The van der Waals surface area contributed by atoms with Gasteiger partial charge < -0.3 is 15.3 Å². The Bertz CT molecular complexity index is 515. The van der Waals surface area contributed by atoms with Crippen molar-refractivity contribution < 1.29 is 14.3 Å². The number of rotatable bonds is 5. The molecule has 2 N–H and O–H groups in total. The smallest absolute Gasteiger partial charge is 0.317 e. The Labute approximate surface area is 132 Å². The number of likely N-dealkylation sites (N-methyl/N-ethyl adjacent to an activating group) is 1. The van der Waals surface area contributed by atoms with Gasteiger partial charge in [-0.3, -0.25) is 0 Å². The summed E-state index contributed by atoms with van der Waals surface area (Å²) in [6.45, 7) is 11.2. The summed E-state index contributed by atoms with van der Waals surface area (Å²) < 4.78 is 13.7. The number of urea groups is 1. The van der Waals surface area contributed by atoms with E-state index < -0.39 is 5.60 Å². The fraction of sp³-hybridized carbons (Fsp3) is 0.588. The number of amides is 2. The average molecular weight is 310 g/mol. The van der Waals surface area contributed by atoms with Gasteiger partial charge in [-0.15, -0.1) is 0 Å². The third-order valence-electron chi connectivity index (χ3n) is 3.55. The van der Waals surface area contributed by atoms with Crippen molar-refractivity contribution in [3.8, 4) is 0 Å². The molecule has 0 saturated heterocycles. The van der Waals surface area contributed by atoms with Crippen LogP contribution in [-0.2, 0) is 0 Å². The van der Waals surface area contributed by atoms with Crippen LogP contribution < -0.4 is 5.32 Å². The molecule has 0 saturated carbocycles. The Hall–Kier alpha value is -1.62. The van der Waals surface area contributed by atoms with Crippen molar-refractivity contribution in [1.82, 2.24) is 10.2 Å². The molecule has 1 aromatic carbocycles. The van der Waals surface area contributed by atoms with Gasteiger partial charge >= 0.3 is 6.03 Å². The van der Waals surface area contributed by atoms with E-state index >= 15 is 0 Å². The molecule has 0 spiro atoms. The van der Waals surface area contributed by atoms with E-state index in [9.17, 15) is 14.3 Å². The first kappa shape index (κ1) is 18.4. The minimum absolute atomic E-state index is 0.209. The average Bonchev–Trinajstić information content (AvgIpc) is 2.40. The van der Waals surface area contributed by atoms with Gasteiger partial charge in [0, 0.05) is 6.54 Å². The van der Waals surface area contributed by atoms with E-state index in [-0.39, 0.29) is 24.4 Å². The van der Waals surface area contributed by atoms with Gasteiger partial charge in [0.25, 0.3) is 0 Å². The zero-order chi connectivity index (χ0) is 17.1. The van der Waals surface area contributed by atoms with Gasteiger partial charge in [-0.1, -0.05) is 12.1 Å². The summed E-state index contributed by atoms with van der Waals surface area (Å²) in [5, 5.41) is 12.8. The van der Waals surface area contributed by atoms with Gasteiger partial charge in [-0.05, 0) is 58.2 Å². The van der Waals surface area contributed by atoms with E-state index in [0.29, 0.717) is 17.7 Å². The Morgan fingerprint density at radius 2 is 1.86 bits per heavy atom. The highest BCUT2D eigenvalue weighted by Gasteiger charge is 2.22. The predicted molar refractivity (Wildman–Crippen MR) is 86.4 cm³/mol. The highest BCUT2D eigenvalue weighted by atomic mass is 19.1. The number of carbonyl (C=O) groups excluding carboxylic acids is 1. The maximum Gasteiger partial charge on any atom is 0.317 e. The topological polar surface area (TPSA) is 52.6 Å². The Morgan fingerprint density at radius 1 is 1.36 bits per heavy atom. The molecule has 5 heteroatoms. The summed E-state index contributed by atoms with van der Waals surface area (Å²) >= 11 is 0. The van der Waals surface area contributed by atoms with Crippen LogP contribution in [0.2, 0.25) is 0 Å². The van der Waals surface area contributed by atoms with Crippen LogP contribution in [0.15, 0.2) is 12.1 Å². The number of hydrogen-bond donors (Lipinski definition) is 2. The lowest BCUT2D eigenvalue weighted by Gasteiger charge is -2.29. The van der Waals surface area contributed by atoms with Crippen molar-refractivity contribution in [2.75, 3.05) is 13.1 Å². The van der Waals surface area contributed by atoms with Crippen LogP contribution in [0.4, 0.5) is 9.18 Å². The number of halogens is 1. The molecule has 1 rings (SSSR count). The Kier molecular flexibility index (Phi) is 5.94. The number of nitrogens with zero attached hydrogens (tertiary/aromatic N) is 1. The molecule has 2 amide bonds. The molecule has 0 aliphatic heterocycles. The first-order valence-corrected chi connectivity index (χ1v) is 7.59. The molecule has 1 atom stereocenters. The zero-order valence-electron chi connectivity index (χ0n) is 14.3. The minimum atomic E-state index is -0.945. The van der Waals surface area contributed by atoms with Gasteiger partial charge in [-0.25, -0.2) is 9.18 Å². The second kappa shape index (κ2) is 7.09. The van der Waals surface area contributed by atoms with Crippen molar-refractivity contribution in [1.29, 1.82) is 0 Å². The summed E-state index contributed by atoms with van der Waals surface area (Å²) in [6.07, 6.45) is 0. The molecule has 0 aliphatic carbocycles. The molecule has 4 nitrogen and oxygen atoms in total. The van der Waals surface area contributed by atoms with Crippen LogP contribution in [-0.4, -0.2) is 34.7 Å². The normalized spacial score (nSPS) is 12.9. The standard InChI is InChI=1S/C17H27FN2O2/c1-7-20(10-17(5,6)22)16(21)19-13(4)14-8-11(2)15(18)12(3)9-14/h8-9,13,22H,7,10H2,1-6H3,(H,19,21). The van der Waals surface area contributed by atoms with E-state index in [1.54, 1.807) is 44.7 Å². The molecular weight excluding hydrogens is 283 g/mol. The van der Waals surface area contributed by atoms with Crippen LogP contribution in [0.1, 0.15) is 50.4 Å². The lowest BCUT2D eigenvalue weighted by atomic mass is 10.0. The number of aliphatic hydroxyl groups is 1. The third kappa shape index (κ3) is 4.98. The molecular formula is C17H27FN2O2. The van der Waals surface area contributed by atoms with Crippen molar-refractivity contribution in [3.63, 3.8) is 0 Å². The largest absolute Gasteiger partial charge is 0.389 e. The minimum Gasteiger partial charge on any atom is -0.389 e. The van der Waals surface area contributed by atoms with E-state index in [1.165, 1.54) is 0 Å². The molecule has 0 radical (unpaired) electrons. The number of benzene rings is 1. The highest BCUT2D eigenvalue weighted by Crippen LogP contribution is 2.20. The lowest BCUT2D eigenvalue weighted by molar-refractivity contribution is 0.0476. The fourth-order valence-electron chi connectivity index (χ4n) is 2.38. The summed E-state index contributed by atoms with van der Waals surface area (Å²) in [5.74, 6) is -0.209. The van der Waals surface area contributed by atoms with Crippen molar-refractivity contribution in [3.05, 3.63) is 34.6 Å². The maximum atomic E-state index is 13.7. The van der Waals surface area contributed by atoms with E-state index in [1.807, 2.05) is 13.8 Å². The first-order chi connectivity index (χ1) is 10.0. The fourth-order valence-corrected chi connectivity index (χ4v) is 2.38. The van der Waals surface area contributed by atoms with Crippen LogP contribution >= 0.6 is 0 Å². The van der Waals surface area contributed by atoms with Gasteiger partial charge in [0.15, 0.2) is 0 Å². The second-order valence-electron chi connectivity index (χ2n) is 6.47. The molecule has 0 fully saturated rings. The third-order valence-corrected chi connectivity index (χ3v) is 3.55. The molecule has 1 aromatic rings. The maximum absolute atomic E-state index is 13.7. The predicted octanol–water partition coefficient (Wildman–Crippen LogP) is 3.31. The van der Waals surface area contributed by atoms with Crippen molar-refractivity contribution in [2.45, 2.75) is 53.2 Å². The SMILES string of the molecule is CCN(CC(C)(C)O)C(=O)NC(C)c1cc(C)c(F)c(C)c1.